The van der Waals surface area contributed by atoms with Gasteiger partial charge in [0.15, 0.2) is 0 Å². The van der Waals surface area contributed by atoms with Crippen LogP contribution in [0.5, 0.6) is 0 Å². The lowest BCUT2D eigenvalue weighted by Crippen LogP contribution is -2.52. The first-order valence-corrected chi connectivity index (χ1v) is 9.44. The number of rotatable bonds is 6. The van der Waals surface area contributed by atoms with Gasteiger partial charge in [0.2, 0.25) is 0 Å². The third-order valence-electron chi connectivity index (χ3n) is 5.08. The minimum atomic E-state index is 0.354. The van der Waals surface area contributed by atoms with Crippen molar-refractivity contribution in [3.8, 4) is 0 Å². The van der Waals surface area contributed by atoms with Gasteiger partial charge >= 0.3 is 0 Å². The van der Waals surface area contributed by atoms with Crippen LogP contribution >= 0.6 is 0 Å². The van der Waals surface area contributed by atoms with Crippen LogP contribution in [0.15, 0.2) is 30.3 Å². The molecule has 2 aliphatic heterocycles. The molecule has 2 saturated heterocycles. The van der Waals surface area contributed by atoms with E-state index < -0.39 is 0 Å². The lowest BCUT2D eigenvalue weighted by molar-refractivity contribution is -0.0446. The fourth-order valence-electron chi connectivity index (χ4n) is 4.04. The van der Waals surface area contributed by atoms with Crippen LogP contribution in [0.2, 0.25) is 0 Å². The Kier molecular flexibility index (Phi) is 6.67. The Balaban J connectivity index is 1.61. The molecule has 4 nitrogen and oxygen atoms in total. The first kappa shape index (κ1) is 17.9. The van der Waals surface area contributed by atoms with E-state index in [0.29, 0.717) is 24.3 Å². The topological polar surface area (TPSA) is 33.7 Å². The molecule has 3 atom stereocenters. The largest absolute Gasteiger partial charge is 0.379 e. The molecule has 2 fully saturated rings. The van der Waals surface area contributed by atoms with Gasteiger partial charge in [0.1, 0.15) is 0 Å². The maximum Gasteiger partial charge on any atom is 0.0594 e. The molecule has 0 amide bonds. The van der Waals surface area contributed by atoms with Gasteiger partial charge in [-0.05, 0) is 38.7 Å². The van der Waals surface area contributed by atoms with E-state index in [1.165, 1.54) is 5.56 Å². The minimum Gasteiger partial charge on any atom is -0.379 e. The predicted octanol–water partition coefficient (Wildman–Crippen LogP) is 2.48. The number of nitrogens with zero attached hydrogens (tertiary/aromatic N) is 1. The van der Waals surface area contributed by atoms with Crippen molar-refractivity contribution in [2.45, 2.75) is 57.4 Å². The summed E-state index contributed by atoms with van der Waals surface area (Å²) in [5.74, 6) is 0. The quantitative estimate of drug-likeness (QED) is 0.868. The molecule has 0 saturated carbocycles. The highest BCUT2D eigenvalue weighted by Gasteiger charge is 2.27. The normalized spacial score (nSPS) is 30.2. The van der Waals surface area contributed by atoms with E-state index in [4.69, 9.17) is 9.47 Å². The summed E-state index contributed by atoms with van der Waals surface area (Å²) in [6.45, 7) is 9.31. The zero-order valence-electron chi connectivity index (χ0n) is 15.1. The molecule has 2 heterocycles. The van der Waals surface area contributed by atoms with Crippen molar-refractivity contribution in [1.82, 2.24) is 10.2 Å². The molecule has 1 N–H and O–H groups in total. The van der Waals surface area contributed by atoms with E-state index in [9.17, 15) is 0 Å². The van der Waals surface area contributed by atoms with Crippen molar-refractivity contribution in [2.75, 3.05) is 32.8 Å². The van der Waals surface area contributed by atoms with Crippen LogP contribution in [0, 0.1) is 0 Å². The molecule has 1 aromatic rings. The van der Waals surface area contributed by atoms with Gasteiger partial charge in [-0.1, -0.05) is 30.3 Å². The van der Waals surface area contributed by atoms with Crippen LogP contribution in [0.3, 0.4) is 0 Å². The Bertz CT molecular complexity index is 466. The standard InChI is InChI=1S/C20H32N2O2/c1-16-12-19(13-17(2)24-16)21-20(14-18-6-4-3-5-7-18)15-22-8-10-23-11-9-22/h3-7,16-17,19-21H,8-15H2,1-2H3/t16-,17-,20-/m1/s1. The summed E-state index contributed by atoms with van der Waals surface area (Å²) in [4.78, 5) is 2.54. The first-order chi connectivity index (χ1) is 11.7. The van der Waals surface area contributed by atoms with Gasteiger partial charge in [-0.2, -0.15) is 0 Å². The van der Waals surface area contributed by atoms with Crippen LogP contribution in [0.25, 0.3) is 0 Å². The molecular weight excluding hydrogens is 300 g/mol. The van der Waals surface area contributed by atoms with Crippen molar-refractivity contribution in [3.63, 3.8) is 0 Å². The van der Waals surface area contributed by atoms with E-state index in [1.54, 1.807) is 0 Å². The highest BCUT2D eigenvalue weighted by molar-refractivity contribution is 5.16. The predicted molar refractivity (Wildman–Crippen MR) is 97.4 cm³/mol. The van der Waals surface area contributed by atoms with Crippen molar-refractivity contribution in [1.29, 1.82) is 0 Å². The number of ether oxygens (including phenoxy) is 2. The van der Waals surface area contributed by atoms with Crippen molar-refractivity contribution in [2.24, 2.45) is 0 Å². The van der Waals surface area contributed by atoms with Gasteiger partial charge in [-0.15, -0.1) is 0 Å². The Morgan fingerprint density at radius 3 is 2.42 bits per heavy atom. The number of nitrogens with one attached hydrogen (secondary N) is 1. The smallest absolute Gasteiger partial charge is 0.0594 e. The second-order valence-electron chi connectivity index (χ2n) is 7.39. The third kappa shape index (κ3) is 5.55. The highest BCUT2D eigenvalue weighted by atomic mass is 16.5. The monoisotopic (exact) mass is 332 g/mol. The molecule has 3 rings (SSSR count). The summed E-state index contributed by atoms with van der Waals surface area (Å²) in [5.41, 5.74) is 1.41. The van der Waals surface area contributed by atoms with Gasteiger partial charge in [-0.25, -0.2) is 0 Å². The van der Waals surface area contributed by atoms with E-state index in [1.807, 2.05) is 0 Å². The average Bonchev–Trinajstić information content (AvgIpc) is 2.55. The molecule has 0 spiro atoms. The van der Waals surface area contributed by atoms with Crippen LogP contribution in [0.4, 0.5) is 0 Å². The van der Waals surface area contributed by atoms with E-state index in [-0.39, 0.29) is 0 Å². The van der Waals surface area contributed by atoms with Crippen molar-refractivity contribution in [3.05, 3.63) is 35.9 Å². The number of hydrogen-bond donors (Lipinski definition) is 1. The van der Waals surface area contributed by atoms with E-state index in [2.05, 4.69) is 54.4 Å². The fourth-order valence-corrected chi connectivity index (χ4v) is 4.04. The van der Waals surface area contributed by atoms with Crippen LogP contribution in [-0.2, 0) is 15.9 Å². The van der Waals surface area contributed by atoms with Crippen LogP contribution in [-0.4, -0.2) is 62.0 Å². The lowest BCUT2D eigenvalue weighted by Gasteiger charge is -2.37. The van der Waals surface area contributed by atoms with Gasteiger partial charge in [-0.3, -0.25) is 4.90 Å². The summed E-state index contributed by atoms with van der Waals surface area (Å²) in [6, 6.07) is 11.9. The number of benzene rings is 1. The molecular formula is C20H32N2O2. The molecule has 1 aromatic carbocycles. The molecule has 24 heavy (non-hydrogen) atoms. The Morgan fingerprint density at radius 1 is 1.08 bits per heavy atom. The minimum absolute atomic E-state index is 0.354. The van der Waals surface area contributed by atoms with Crippen molar-refractivity contribution < 1.29 is 9.47 Å². The molecule has 0 radical (unpaired) electrons. The fraction of sp³-hybridized carbons (Fsp3) is 0.700. The van der Waals surface area contributed by atoms with Crippen LogP contribution < -0.4 is 5.32 Å². The van der Waals surface area contributed by atoms with E-state index >= 15 is 0 Å². The highest BCUT2D eigenvalue weighted by Crippen LogP contribution is 2.20. The third-order valence-corrected chi connectivity index (χ3v) is 5.08. The molecule has 2 aliphatic rings. The average molecular weight is 332 g/mol. The molecule has 0 unspecified atom stereocenters. The summed E-state index contributed by atoms with van der Waals surface area (Å²) < 4.78 is 11.4. The lowest BCUT2D eigenvalue weighted by atomic mass is 9.97. The maximum atomic E-state index is 5.90. The zero-order chi connectivity index (χ0) is 16.8. The Morgan fingerprint density at radius 2 is 1.75 bits per heavy atom. The number of hydrogen-bond acceptors (Lipinski definition) is 4. The Hall–Kier alpha value is -0.940. The molecule has 134 valence electrons. The second-order valence-corrected chi connectivity index (χ2v) is 7.39. The van der Waals surface area contributed by atoms with Gasteiger partial charge in [0.25, 0.3) is 0 Å². The number of morpholine rings is 1. The molecule has 0 bridgehead atoms. The van der Waals surface area contributed by atoms with Crippen LogP contribution in [0.1, 0.15) is 32.3 Å². The summed E-state index contributed by atoms with van der Waals surface area (Å²) >= 11 is 0. The van der Waals surface area contributed by atoms with Gasteiger partial charge in [0.05, 0.1) is 25.4 Å². The summed E-state index contributed by atoms with van der Waals surface area (Å²) in [7, 11) is 0. The van der Waals surface area contributed by atoms with Gasteiger partial charge < -0.3 is 14.8 Å². The zero-order valence-corrected chi connectivity index (χ0v) is 15.1. The van der Waals surface area contributed by atoms with Crippen molar-refractivity contribution >= 4 is 0 Å². The second kappa shape index (κ2) is 8.95. The van der Waals surface area contributed by atoms with E-state index in [0.717, 1.165) is 52.1 Å². The maximum absolute atomic E-state index is 5.90. The van der Waals surface area contributed by atoms with Gasteiger partial charge in [0, 0.05) is 31.7 Å². The SMILES string of the molecule is C[C@@H]1CC(N[C@H](Cc2ccccc2)CN2CCOCC2)C[C@@H](C)O1. The Labute approximate surface area is 146 Å². The molecule has 0 aliphatic carbocycles. The summed E-state index contributed by atoms with van der Waals surface area (Å²) in [6.07, 6.45) is 4.01. The summed E-state index contributed by atoms with van der Waals surface area (Å²) in [5, 5.41) is 3.95. The molecule has 4 heteroatoms. The first-order valence-electron chi connectivity index (χ1n) is 9.44. The molecule has 0 aromatic heterocycles.